The topological polar surface area (TPSA) is 36.9 Å². The maximum Gasteiger partial charge on any atom is 0.527 e. The summed E-state index contributed by atoms with van der Waals surface area (Å²) in [5.41, 5.74) is 0. The van der Waals surface area contributed by atoms with Crippen LogP contribution in [-0.4, -0.2) is 43.0 Å². The van der Waals surface area contributed by atoms with Crippen LogP contribution in [0.15, 0.2) is 0 Å². The minimum Gasteiger partial charge on any atom is -0.377 e. The summed E-state index contributed by atoms with van der Waals surface area (Å²) in [5.74, 6) is 0. The summed E-state index contributed by atoms with van der Waals surface area (Å²) >= 11 is 0. The van der Waals surface area contributed by atoms with E-state index in [1.807, 2.05) is 0 Å². The molecule has 0 unspecified atom stereocenters. The SMILES string of the molecule is CCCCCCCCCOC[Si](OC)(OC)OC. The van der Waals surface area contributed by atoms with Gasteiger partial charge in [-0.05, 0) is 6.42 Å². The van der Waals surface area contributed by atoms with Crippen molar-refractivity contribution in [3.63, 3.8) is 0 Å². The summed E-state index contributed by atoms with van der Waals surface area (Å²) in [5, 5.41) is 0. The Hall–Kier alpha value is 0.0569. The van der Waals surface area contributed by atoms with Crippen molar-refractivity contribution in [2.75, 3.05) is 34.2 Å². The summed E-state index contributed by atoms with van der Waals surface area (Å²) < 4.78 is 21.4. The molecule has 0 atom stereocenters. The predicted octanol–water partition coefficient (Wildman–Crippen LogP) is 3.17. The van der Waals surface area contributed by atoms with Crippen LogP contribution in [-0.2, 0) is 18.0 Å². The van der Waals surface area contributed by atoms with Crippen molar-refractivity contribution in [2.24, 2.45) is 0 Å². The summed E-state index contributed by atoms with van der Waals surface area (Å²) in [7, 11) is 2.30. The first-order valence-electron chi connectivity index (χ1n) is 6.98. The van der Waals surface area contributed by atoms with E-state index in [4.69, 9.17) is 18.0 Å². The Labute approximate surface area is 113 Å². The van der Waals surface area contributed by atoms with Gasteiger partial charge in [-0.25, -0.2) is 0 Å². The Morgan fingerprint density at radius 3 is 1.72 bits per heavy atom. The highest BCUT2D eigenvalue weighted by molar-refractivity contribution is 6.60. The van der Waals surface area contributed by atoms with E-state index in [-0.39, 0.29) is 0 Å². The zero-order chi connectivity index (χ0) is 13.7. The van der Waals surface area contributed by atoms with E-state index in [0.717, 1.165) is 13.0 Å². The summed E-state index contributed by atoms with van der Waals surface area (Å²) in [4.78, 5) is 0. The first-order valence-corrected chi connectivity index (χ1v) is 8.91. The fourth-order valence-corrected chi connectivity index (χ4v) is 3.03. The van der Waals surface area contributed by atoms with E-state index < -0.39 is 8.80 Å². The lowest BCUT2D eigenvalue weighted by Gasteiger charge is -2.23. The Bertz CT molecular complexity index is 166. The molecule has 0 spiro atoms. The molecule has 110 valence electrons. The lowest BCUT2D eigenvalue weighted by molar-refractivity contribution is 0.0622. The molecule has 18 heavy (non-hydrogen) atoms. The third-order valence-electron chi connectivity index (χ3n) is 3.10. The van der Waals surface area contributed by atoms with Crippen molar-refractivity contribution in [1.29, 1.82) is 0 Å². The van der Waals surface area contributed by atoms with Gasteiger partial charge in [-0.1, -0.05) is 45.4 Å². The van der Waals surface area contributed by atoms with Crippen LogP contribution in [0.25, 0.3) is 0 Å². The normalized spacial score (nSPS) is 12.0. The average Bonchev–Trinajstić information content (AvgIpc) is 2.42. The second-order valence-electron chi connectivity index (χ2n) is 4.47. The molecule has 0 amide bonds. The highest BCUT2D eigenvalue weighted by atomic mass is 28.4. The van der Waals surface area contributed by atoms with Crippen LogP contribution in [0.1, 0.15) is 51.9 Å². The van der Waals surface area contributed by atoms with Crippen molar-refractivity contribution >= 4 is 8.80 Å². The number of ether oxygens (including phenoxy) is 1. The number of unbranched alkanes of at least 4 members (excludes halogenated alkanes) is 6. The second kappa shape index (κ2) is 12.1. The van der Waals surface area contributed by atoms with Crippen LogP contribution in [0.2, 0.25) is 0 Å². The first kappa shape index (κ1) is 18.1. The lowest BCUT2D eigenvalue weighted by Crippen LogP contribution is -2.48. The molecule has 0 aliphatic heterocycles. The van der Waals surface area contributed by atoms with Crippen LogP contribution in [0, 0.1) is 0 Å². The third-order valence-corrected chi connectivity index (χ3v) is 5.53. The van der Waals surface area contributed by atoms with Crippen LogP contribution < -0.4 is 0 Å². The average molecular weight is 278 g/mol. The first-order chi connectivity index (χ1) is 8.74. The Balaban J connectivity index is 3.38. The molecule has 4 nitrogen and oxygen atoms in total. The van der Waals surface area contributed by atoms with Gasteiger partial charge >= 0.3 is 8.80 Å². The maximum absolute atomic E-state index is 5.59. The van der Waals surface area contributed by atoms with Gasteiger partial charge in [0.05, 0.1) is 0 Å². The molecular formula is C13H30O4Si. The monoisotopic (exact) mass is 278 g/mol. The van der Waals surface area contributed by atoms with Crippen LogP contribution in [0.4, 0.5) is 0 Å². The second-order valence-corrected chi connectivity index (χ2v) is 7.35. The van der Waals surface area contributed by atoms with Crippen molar-refractivity contribution in [2.45, 2.75) is 51.9 Å². The quantitative estimate of drug-likeness (QED) is 0.383. The van der Waals surface area contributed by atoms with Crippen LogP contribution in [0.3, 0.4) is 0 Å². The molecule has 0 aromatic heterocycles. The molecule has 0 bridgehead atoms. The minimum absolute atomic E-state index is 0.437. The highest BCUT2D eigenvalue weighted by Gasteiger charge is 2.38. The van der Waals surface area contributed by atoms with Gasteiger partial charge in [-0.3, -0.25) is 0 Å². The van der Waals surface area contributed by atoms with E-state index in [1.54, 1.807) is 21.3 Å². The molecule has 0 heterocycles. The Morgan fingerprint density at radius 2 is 1.22 bits per heavy atom. The maximum atomic E-state index is 5.59. The van der Waals surface area contributed by atoms with E-state index in [2.05, 4.69) is 6.92 Å². The zero-order valence-electron chi connectivity index (χ0n) is 12.5. The molecule has 0 aromatic carbocycles. The minimum atomic E-state index is -2.53. The molecule has 0 saturated carbocycles. The number of hydrogen-bond donors (Lipinski definition) is 0. The summed E-state index contributed by atoms with van der Waals surface area (Å²) in [6, 6.07) is 0. The van der Waals surface area contributed by atoms with Gasteiger partial charge in [-0.2, -0.15) is 0 Å². The molecule has 0 saturated heterocycles. The standard InChI is InChI=1S/C13H30O4Si/c1-5-6-7-8-9-10-11-12-17-13-18(14-2,15-3)16-4/h5-13H2,1-4H3. The molecule has 0 aliphatic rings. The van der Waals surface area contributed by atoms with Gasteiger partial charge in [0, 0.05) is 27.9 Å². The fourth-order valence-electron chi connectivity index (χ4n) is 1.79. The third kappa shape index (κ3) is 8.21. The molecule has 0 aromatic rings. The van der Waals surface area contributed by atoms with E-state index in [0.29, 0.717) is 6.23 Å². The van der Waals surface area contributed by atoms with Gasteiger partial charge in [0.25, 0.3) is 0 Å². The molecule has 5 heteroatoms. The van der Waals surface area contributed by atoms with Crippen molar-refractivity contribution in [3.8, 4) is 0 Å². The molecule has 0 radical (unpaired) electrons. The van der Waals surface area contributed by atoms with Crippen LogP contribution in [0.5, 0.6) is 0 Å². The zero-order valence-corrected chi connectivity index (χ0v) is 13.5. The molecule has 0 fully saturated rings. The van der Waals surface area contributed by atoms with E-state index >= 15 is 0 Å². The highest BCUT2D eigenvalue weighted by Crippen LogP contribution is 2.09. The fraction of sp³-hybridized carbons (Fsp3) is 1.00. The molecule has 0 aliphatic carbocycles. The summed E-state index contributed by atoms with van der Waals surface area (Å²) in [6.07, 6.45) is 9.47. The van der Waals surface area contributed by atoms with Gasteiger partial charge in [0.1, 0.15) is 6.23 Å². The molecular weight excluding hydrogens is 248 g/mol. The largest absolute Gasteiger partial charge is 0.527 e. The van der Waals surface area contributed by atoms with Gasteiger partial charge in [-0.15, -0.1) is 0 Å². The number of rotatable bonds is 13. The smallest absolute Gasteiger partial charge is 0.377 e. The van der Waals surface area contributed by atoms with Crippen molar-refractivity contribution in [3.05, 3.63) is 0 Å². The van der Waals surface area contributed by atoms with E-state index in [9.17, 15) is 0 Å². The Morgan fingerprint density at radius 1 is 0.722 bits per heavy atom. The van der Waals surface area contributed by atoms with Gasteiger partial charge in [0.2, 0.25) is 0 Å². The summed E-state index contributed by atoms with van der Waals surface area (Å²) in [6.45, 7) is 3.00. The predicted molar refractivity (Wildman–Crippen MR) is 75.6 cm³/mol. The lowest BCUT2D eigenvalue weighted by atomic mass is 10.1. The van der Waals surface area contributed by atoms with Gasteiger partial charge < -0.3 is 18.0 Å². The van der Waals surface area contributed by atoms with Crippen molar-refractivity contribution < 1.29 is 18.0 Å². The van der Waals surface area contributed by atoms with Gasteiger partial charge in [0.15, 0.2) is 0 Å². The Kier molecular flexibility index (Phi) is 12.1. The van der Waals surface area contributed by atoms with Crippen LogP contribution >= 0.6 is 0 Å². The van der Waals surface area contributed by atoms with E-state index in [1.165, 1.54) is 38.5 Å². The molecule has 0 rings (SSSR count). The molecule has 0 N–H and O–H groups in total. The van der Waals surface area contributed by atoms with Crippen molar-refractivity contribution in [1.82, 2.24) is 0 Å². The number of hydrogen-bond acceptors (Lipinski definition) is 4.